The van der Waals surface area contributed by atoms with Gasteiger partial charge in [0.1, 0.15) is 0 Å². The van der Waals surface area contributed by atoms with Gasteiger partial charge in [-0.3, -0.25) is 4.90 Å². The van der Waals surface area contributed by atoms with Crippen molar-refractivity contribution >= 4 is 11.4 Å². The van der Waals surface area contributed by atoms with Crippen LogP contribution in [-0.4, -0.2) is 37.6 Å². The highest BCUT2D eigenvalue weighted by Crippen LogP contribution is 2.20. The zero-order valence-electron chi connectivity index (χ0n) is 15.0. The third-order valence-corrected chi connectivity index (χ3v) is 4.72. The lowest BCUT2D eigenvalue weighted by Crippen LogP contribution is -2.46. The molecule has 128 valence electrons. The number of anilines is 2. The van der Waals surface area contributed by atoms with E-state index >= 15 is 0 Å². The maximum Gasteiger partial charge on any atom is 0.0400 e. The van der Waals surface area contributed by atoms with E-state index in [-0.39, 0.29) is 0 Å². The lowest BCUT2D eigenvalue weighted by Gasteiger charge is -2.36. The molecular formula is C21H29N3. The summed E-state index contributed by atoms with van der Waals surface area (Å²) in [5.41, 5.74) is 5.16. The Labute approximate surface area is 146 Å². The van der Waals surface area contributed by atoms with Gasteiger partial charge in [-0.1, -0.05) is 36.8 Å². The van der Waals surface area contributed by atoms with Gasteiger partial charge in [0, 0.05) is 44.1 Å². The van der Waals surface area contributed by atoms with Crippen LogP contribution in [0.15, 0.2) is 48.5 Å². The third kappa shape index (κ3) is 4.51. The highest BCUT2D eigenvalue weighted by atomic mass is 15.3. The first kappa shape index (κ1) is 16.8. The summed E-state index contributed by atoms with van der Waals surface area (Å²) in [4.78, 5) is 5.06. The Morgan fingerprint density at radius 1 is 0.958 bits per heavy atom. The smallest absolute Gasteiger partial charge is 0.0400 e. The molecule has 1 fully saturated rings. The van der Waals surface area contributed by atoms with Crippen LogP contribution in [0.25, 0.3) is 0 Å². The Balaban J connectivity index is 1.52. The van der Waals surface area contributed by atoms with Crippen LogP contribution in [0, 0.1) is 6.92 Å². The fourth-order valence-corrected chi connectivity index (χ4v) is 3.36. The Hall–Kier alpha value is -2.00. The van der Waals surface area contributed by atoms with E-state index in [0.29, 0.717) is 0 Å². The van der Waals surface area contributed by atoms with Gasteiger partial charge in [-0.25, -0.2) is 0 Å². The van der Waals surface area contributed by atoms with Crippen molar-refractivity contribution in [2.45, 2.75) is 26.8 Å². The summed E-state index contributed by atoms with van der Waals surface area (Å²) < 4.78 is 0. The zero-order chi connectivity index (χ0) is 16.8. The van der Waals surface area contributed by atoms with Crippen LogP contribution in [0.5, 0.6) is 0 Å². The molecule has 1 N–H and O–H groups in total. The van der Waals surface area contributed by atoms with Gasteiger partial charge in [0.15, 0.2) is 0 Å². The molecule has 3 rings (SSSR count). The van der Waals surface area contributed by atoms with Gasteiger partial charge in [0.25, 0.3) is 0 Å². The molecule has 3 heteroatoms. The number of piperazine rings is 1. The first-order valence-corrected chi connectivity index (χ1v) is 9.11. The quantitative estimate of drug-likeness (QED) is 0.862. The fraction of sp³-hybridized carbons (Fsp3) is 0.429. The lowest BCUT2D eigenvalue weighted by atomic mass is 10.1. The van der Waals surface area contributed by atoms with Gasteiger partial charge >= 0.3 is 0 Å². The molecule has 0 aliphatic carbocycles. The fourth-order valence-electron chi connectivity index (χ4n) is 3.36. The van der Waals surface area contributed by atoms with E-state index in [2.05, 4.69) is 77.5 Å². The summed E-state index contributed by atoms with van der Waals surface area (Å²) in [5.74, 6) is 0. The number of nitrogens with one attached hydrogen (secondary N) is 1. The van der Waals surface area contributed by atoms with Crippen molar-refractivity contribution in [1.82, 2.24) is 4.90 Å². The highest BCUT2D eigenvalue weighted by Gasteiger charge is 2.16. The number of hydrogen-bond acceptors (Lipinski definition) is 3. The Bertz CT molecular complexity index is 628. The average molecular weight is 323 g/mol. The summed E-state index contributed by atoms with van der Waals surface area (Å²) in [7, 11) is 0. The Morgan fingerprint density at radius 2 is 1.71 bits per heavy atom. The van der Waals surface area contributed by atoms with E-state index in [0.717, 1.165) is 19.6 Å². The second-order valence-electron chi connectivity index (χ2n) is 6.72. The van der Waals surface area contributed by atoms with Gasteiger partial charge in [-0.2, -0.15) is 0 Å². The lowest BCUT2D eigenvalue weighted by molar-refractivity contribution is 0.258. The van der Waals surface area contributed by atoms with Crippen molar-refractivity contribution in [2.24, 2.45) is 0 Å². The Kier molecular flexibility index (Phi) is 5.76. The van der Waals surface area contributed by atoms with E-state index in [1.807, 2.05) is 0 Å². The van der Waals surface area contributed by atoms with E-state index in [4.69, 9.17) is 0 Å². The van der Waals surface area contributed by atoms with E-state index in [1.54, 1.807) is 0 Å². The van der Waals surface area contributed by atoms with Crippen molar-refractivity contribution in [2.75, 3.05) is 42.9 Å². The van der Waals surface area contributed by atoms with Crippen LogP contribution in [0.2, 0.25) is 0 Å². The van der Waals surface area contributed by atoms with Crippen molar-refractivity contribution in [1.29, 1.82) is 0 Å². The molecular weight excluding hydrogens is 294 g/mol. The second kappa shape index (κ2) is 8.20. The molecule has 1 aliphatic rings. The zero-order valence-corrected chi connectivity index (χ0v) is 15.0. The molecule has 2 aromatic carbocycles. The summed E-state index contributed by atoms with van der Waals surface area (Å²) in [5, 5.41) is 3.52. The van der Waals surface area contributed by atoms with Crippen molar-refractivity contribution in [3.8, 4) is 0 Å². The van der Waals surface area contributed by atoms with Crippen LogP contribution in [0.4, 0.5) is 11.4 Å². The molecule has 0 aromatic heterocycles. The number of rotatable bonds is 6. The molecule has 0 bridgehead atoms. The maximum absolute atomic E-state index is 3.52. The second-order valence-corrected chi connectivity index (χ2v) is 6.72. The van der Waals surface area contributed by atoms with Gasteiger partial charge in [-0.05, 0) is 49.7 Å². The van der Waals surface area contributed by atoms with Gasteiger partial charge in [0.05, 0.1) is 0 Å². The van der Waals surface area contributed by atoms with Crippen LogP contribution in [0.1, 0.15) is 24.5 Å². The summed E-state index contributed by atoms with van der Waals surface area (Å²) >= 11 is 0. The molecule has 1 heterocycles. The molecule has 1 aliphatic heterocycles. The van der Waals surface area contributed by atoms with Crippen LogP contribution in [-0.2, 0) is 6.54 Å². The van der Waals surface area contributed by atoms with Gasteiger partial charge in [0.2, 0.25) is 0 Å². The van der Waals surface area contributed by atoms with Gasteiger partial charge in [-0.15, -0.1) is 0 Å². The number of nitrogens with zero attached hydrogens (tertiary/aromatic N) is 2. The third-order valence-electron chi connectivity index (χ3n) is 4.72. The number of benzene rings is 2. The molecule has 3 nitrogen and oxygen atoms in total. The molecule has 24 heavy (non-hydrogen) atoms. The number of aryl methyl sites for hydroxylation is 1. The average Bonchev–Trinajstić information content (AvgIpc) is 2.62. The van der Waals surface area contributed by atoms with E-state index < -0.39 is 0 Å². The molecule has 2 aromatic rings. The molecule has 1 saturated heterocycles. The first-order valence-electron chi connectivity index (χ1n) is 9.11. The molecule has 0 radical (unpaired) electrons. The summed E-state index contributed by atoms with van der Waals surface area (Å²) in [6.45, 7) is 11.1. The van der Waals surface area contributed by atoms with Gasteiger partial charge < -0.3 is 10.2 Å². The predicted molar refractivity (Wildman–Crippen MR) is 104 cm³/mol. The van der Waals surface area contributed by atoms with E-state index in [1.165, 1.54) is 48.6 Å². The SMILES string of the molecule is CCCN1CCN(c2ccc(NCc3cccc(C)c3)cc2)CC1. The summed E-state index contributed by atoms with van der Waals surface area (Å²) in [6.07, 6.45) is 1.25. The minimum absolute atomic E-state index is 0.872. The molecule has 0 amide bonds. The standard InChI is InChI=1S/C21H29N3/c1-3-11-23-12-14-24(15-13-23)21-9-7-20(8-10-21)22-17-19-6-4-5-18(2)16-19/h4-10,16,22H,3,11-15,17H2,1-2H3. The van der Waals surface area contributed by atoms with Crippen molar-refractivity contribution < 1.29 is 0 Å². The highest BCUT2D eigenvalue weighted by molar-refractivity contribution is 5.55. The predicted octanol–water partition coefficient (Wildman–Crippen LogP) is 4.14. The topological polar surface area (TPSA) is 18.5 Å². The largest absolute Gasteiger partial charge is 0.381 e. The van der Waals surface area contributed by atoms with Crippen LogP contribution < -0.4 is 10.2 Å². The maximum atomic E-state index is 3.52. The van der Waals surface area contributed by atoms with Crippen molar-refractivity contribution in [3.05, 3.63) is 59.7 Å². The molecule has 0 unspecified atom stereocenters. The minimum Gasteiger partial charge on any atom is -0.381 e. The molecule has 0 spiro atoms. The monoisotopic (exact) mass is 323 g/mol. The minimum atomic E-state index is 0.872. The first-order chi connectivity index (χ1) is 11.7. The summed E-state index contributed by atoms with van der Waals surface area (Å²) in [6, 6.07) is 17.5. The normalized spacial score (nSPS) is 15.5. The van der Waals surface area contributed by atoms with E-state index in [9.17, 15) is 0 Å². The van der Waals surface area contributed by atoms with Crippen LogP contribution in [0.3, 0.4) is 0 Å². The van der Waals surface area contributed by atoms with Crippen LogP contribution >= 0.6 is 0 Å². The molecule has 0 atom stereocenters. The molecule has 0 saturated carbocycles. The van der Waals surface area contributed by atoms with Crippen molar-refractivity contribution in [3.63, 3.8) is 0 Å². The Morgan fingerprint density at radius 3 is 2.38 bits per heavy atom. The number of hydrogen-bond donors (Lipinski definition) is 1.